The summed E-state index contributed by atoms with van der Waals surface area (Å²) in [5, 5.41) is 13.7. The summed E-state index contributed by atoms with van der Waals surface area (Å²) in [5.74, 6) is -0.235. The lowest BCUT2D eigenvalue weighted by atomic mass is 10.0. The van der Waals surface area contributed by atoms with Crippen LogP contribution in [0.15, 0.2) is 24.0 Å². The van der Waals surface area contributed by atoms with Crippen molar-refractivity contribution in [2.75, 3.05) is 0 Å². The molecular weight excluding hydrogens is 273 g/mol. The lowest BCUT2D eigenvalue weighted by Gasteiger charge is -2.08. The molecule has 2 rings (SSSR count). The summed E-state index contributed by atoms with van der Waals surface area (Å²) in [5.41, 5.74) is 0.754. The Morgan fingerprint density at radius 3 is 2.72 bits per heavy atom. The molecule has 5 heteroatoms. The molecular formula is C13H13Cl2NO2. The fourth-order valence-corrected chi connectivity index (χ4v) is 2.54. The van der Waals surface area contributed by atoms with Crippen molar-refractivity contribution in [1.29, 1.82) is 0 Å². The van der Waals surface area contributed by atoms with Gasteiger partial charge in [-0.15, -0.1) is 0 Å². The number of amides is 1. The van der Waals surface area contributed by atoms with Crippen LogP contribution in [0.4, 0.5) is 0 Å². The highest BCUT2D eigenvalue weighted by atomic mass is 35.5. The van der Waals surface area contributed by atoms with Gasteiger partial charge in [0.25, 0.3) is 5.91 Å². The van der Waals surface area contributed by atoms with Gasteiger partial charge in [-0.25, -0.2) is 0 Å². The fourth-order valence-electron chi connectivity index (χ4n) is 2.04. The predicted molar refractivity (Wildman–Crippen MR) is 72.8 cm³/mol. The number of carbonyl (C=O) groups excluding carboxylic acids is 1. The Hall–Kier alpha value is -1.19. The van der Waals surface area contributed by atoms with Crippen molar-refractivity contribution in [2.45, 2.75) is 25.8 Å². The maximum absolute atomic E-state index is 11.9. The Balaban J connectivity index is 2.45. The maximum atomic E-state index is 11.9. The Morgan fingerprint density at radius 1 is 1.39 bits per heavy atom. The second-order valence-electron chi connectivity index (χ2n) is 4.20. The third-order valence-corrected chi connectivity index (χ3v) is 3.44. The van der Waals surface area contributed by atoms with E-state index in [-0.39, 0.29) is 23.3 Å². The number of aliphatic hydroxyl groups excluding tert-OH is 1. The summed E-state index contributed by atoms with van der Waals surface area (Å²) in [6.07, 6.45) is 1.57. The first kappa shape index (κ1) is 13.2. The molecule has 2 N–H and O–H groups in total. The molecule has 1 aliphatic heterocycles. The summed E-state index contributed by atoms with van der Waals surface area (Å²) in [6, 6.07) is 4.52. The zero-order valence-corrected chi connectivity index (χ0v) is 11.3. The fraction of sp³-hybridized carbons (Fsp3) is 0.308. The number of hydrogen-bond acceptors (Lipinski definition) is 2. The summed E-state index contributed by atoms with van der Waals surface area (Å²) in [4.78, 5) is 11.9. The van der Waals surface area contributed by atoms with Crippen LogP contribution in [0.25, 0.3) is 5.57 Å². The van der Waals surface area contributed by atoms with E-state index in [2.05, 4.69) is 5.32 Å². The Labute approximate surface area is 115 Å². The van der Waals surface area contributed by atoms with Gasteiger partial charge in [0.1, 0.15) is 5.76 Å². The van der Waals surface area contributed by atoms with Gasteiger partial charge in [0.15, 0.2) is 0 Å². The van der Waals surface area contributed by atoms with Gasteiger partial charge >= 0.3 is 0 Å². The largest absolute Gasteiger partial charge is 0.509 e. The first-order valence-electron chi connectivity index (χ1n) is 5.74. The quantitative estimate of drug-likeness (QED) is 0.892. The molecule has 0 saturated carbocycles. The van der Waals surface area contributed by atoms with E-state index in [9.17, 15) is 9.90 Å². The number of hydrogen-bond donors (Lipinski definition) is 2. The summed E-state index contributed by atoms with van der Waals surface area (Å²) in [6.45, 7) is 1.99. The molecule has 0 aliphatic carbocycles. The molecule has 0 radical (unpaired) electrons. The maximum Gasteiger partial charge on any atom is 0.256 e. The van der Waals surface area contributed by atoms with Crippen molar-refractivity contribution in [3.05, 3.63) is 39.6 Å². The highest BCUT2D eigenvalue weighted by Crippen LogP contribution is 2.33. The van der Waals surface area contributed by atoms with Crippen LogP contribution in [-0.2, 0) is 4.79 Å². The molecule has 1 aromatic rings. The van der Waals surface area contributed by atoms with E-state index < -0.39 is 0 Å². The monoisotopic (exact) mass is 285 g/mol. The molecule has 1 aromatic carbocycles. The topological polar surface area (TPSA) is 49.3 Å². The molecule has 0 aromatic heterocycles. The van der Waals surface area contributed by atoms with Gasteiger partial charge in [-0.1, -0.05) is 42.6 Å². The number of rotatable bonds is 3. The third-order valence-electron chi connectivity index (χ3n) is 2.90. The van der Waals surface area contributed by atoms with E-state index in [1.54, 1.807) is 18.2 Å². The van der Waals surface area contributed by atoms with E-state index in [0.29, 0.717) is 22.0 Å². The van der Waals surface area contributed by atoms with Gasteiger partial charge in [0, 0.05) is 10.6 Å². The number of aliphatic hydroxyl groups is 1. The van der Waals surface area contributed by atoms with Crippen molar-refractivity contribution in [1.82, 2.24) is 5.32 Å². The lowest BCUT2D eigenvalue weighted by Crippen LogP contribution is -2.28. The smallest absolute Gasteiger partial charge is 0.256 e. The minimum atomic E-state index is -0.316. The Kier molecular flexibility index (Phi) is 3.83. The molecule has 0 bridgehead atoms. The molecule has 3 nitrogen and oxygen atoms in total. The van der Waals surface area contributed by atoms with E-state index in [4.69, 9.17) is 23.2 Å². The molecule has 1 atom stereocenters. The molecule has 1 unspecified atom stereocenters. The van der Waals surface area contributed by atoms with E-state index >= 15 is 0 Å². The number of halogens is 2. The summed E-state index contributed by atoms with van der Waals surface area (Å²) in [7, 11) is 0. The molecule has 0 fully saturated rings. The average molecular weight is 286 g/mol. The molecule has 96 valence electrons. The van der Waals surface area contributed by atoms with Crippen molar-refractivity contribution < 1.29 is 9.90 Å². The Morgan fingerprint density at radius 2 is 2.11 bits per heavy atom. The van der Waals surface area contributed by atoms with Gasteiger partial charge in [0.05, 0.1) is 16.6 Å². The van der Waals surface area contributed by atoms with Gasteiger partial charge in [-0.3, -0.25) is 4.79 Å². The van der Waals surface area contributed by atoms with Gasteiger partial charge in [-0.05, 0) is 18.6 Å². The molecule has 1 heterocycles. The second kappa shape index (κ2) is 5.21. The number of carbonyl (C=O) groups is 1. The molecule has 0 spiro atoms. The van der Waals surface area contributed by atoms with E-state index in [1.165, 1.54) is 0 Å². The third kappa shape index (κ3) is 2.33. The van der Waals surface area contributed by atoms with Crippen LogP contribution in [0.5, 0.6) is 0 Å². The minimum Gasteiger partial charge on any atom is -0.509 e. The van der Waals surface area contributed by atoms with E-state index in [1.807, 2.05) is 6.92 Å². The second-order valence-corrected chi connectivity index (χ2v) is 5.04. The molecule has 1 aliphatic rings. The van der Waals surface area contributed by atoms with Crippen LogP contribution >= 0.6 is 23.2 Å². The minimum absolute atomic E-state index is 0.0612. The normalized spacial score (nSPS) is 19.3. The summed E-state index contributed by atoms with van der Waals surface area (Å²) >= 11 is 11.9. The first-order chi connectivity index (χ1) is 8.54. The van der Waals surface area contributed by atoms with Crippen molar-refractivity contribution in [2.24, 2.45) is 0 Å². The Bertz CT molecular complexity index is 526. The lowest BCUT2D eigenvalue weighted by molar-refractivity contribution is -0.115. The SMILES string of the molecule is CCCC1NC(=O)C(c2ccc(Cl)cc2Cl)=C1O. The van der Waals surface area contributed by atoms with Crippen LogP contribution in [0.1, 0.15) is 25.3 Å². The van der Waals surface area contributed by atoms with Crippen molar-refractivity contribution >= 4 is 34.7 Å². The first-order valence-corrected chi connectivity index (χ1v) is 6.49. The molecule has 0 saturated heterocycles. The predicted octanol–water partition coefficient (Wildman–Crippen LogP) is 3.56. The number of nitrogens with one attached hydrogen (secondary N) is 1. The zero-order valence-electron chi connectivity index (χ0n) is 9.84. The van der Waals surface area contributed by atoms with Gasteiger partial charge in [0.2, 0.25) is 0 Å². The van der Waals surface area contributed by atoms with Crippen molar-refractivity contribution in [3.8, 4) is 0 Å². The molecule has 18 heavy (non-hydrogen) atoms. The highest BCUT2D eigenvalue weighted by molar-refractivity contribution is 6.37. The van der Waals surface area contributed by atoms with Crippen LogP contribution < -0.4 is 5.32 Å². The van der Waals surface area contributed by atoms with Crippen LogP contribution in [0, 0.1) is 0 Å². The van der Waals surface area contributed by atoms with Crippen LogP contribution in [-0.4, -0.2) is 17.1 Å². The van der Waals surface area contributed by atoms with Gasteiger partial charge in [-0.2, -0.15) is 0 Å². The van der Waals surface area contributed by atoms with Crippen molar-refractivity contribution in [3.63, 3.8) is 0 Å². The number of benzene rings is 1. The van der Waals surface area contributed by atoms with E-state index in [0.717, 1.165) is 6.42 Å². The van der Waals surface area contributed by atoms with Crippen LogP contribution in [0.3, 0.4) is 0 Å². The van der Waals surface area contributed by atoms with Gasteiger partial charge < -0.3 is 10.4 Å². The van der Waals surface area contributed by atoms with Crippen LogP contribution in [0.2, 0.25) is 10.0 Å². The average Bonchev–Trinajstić information content (AvgIpc) is 2.56. The highest BCUT2D eigenvalue weighted by Gasteiger charge is 2.32. The standard InChI is InChI=1S/C13H13Cl2NO2/c1-2-3-10-12(17)11(13(18)16-10)8-5-4-7(14)6-9(8)15/h4-6,10,17H,2-3H2,1H3,(H,16,18). The summed E-state index contributed by atoms with van der Waals surface area (Å²) < 4.78 is 0. The molecule has 1 amide bonds. The zero-order chi connectivity index (χ0) is 13.3.